The number of rotatable bonds is 19. The number of aliphatic hydroxyl groups is 1. The Labute approximate surface area is 234 Å². The van der Waals surface area contributed by atoms with Gasteiger partial charge < -0.3 is 35.1 Å². The maximum atomic E-state index is 12.4. The molecule has 0 heterocycles. The minimum absolute atomic E-state index is 0. The van der Waals surface area contributed by atoms with E-state index in [0.717, 1.165) is 18.4 Å². The van der Waals surface area contributed by atoms with E-state index in [1.807, 2.05) is 18.2 Å². The fraction of sp³-hybridized carbons (Fsp3) is 0.714. The third kappa shape index (κ3) is 13.6. The summed E-state index contributed by atoms with van der Waals surface area (Å²) in [6.07, 6.45) is 1.73. The van der Waals surface area contributed by atoms with E-state index in [4.69, 9.17) is 24.7 Å². The first-order chi connectivity index (χ1) is 17.6. The fourth-order valence-electron chi connectivity index (χ4n) is 4.09. The van der Waals surface area contributed by atoms with Crippen LogP contribution in [0.25, 0.3) is 0 Å². The van der Waals surface area contributed by atoms with Crippen LogP contribution in [0.4, 0.5) is 0 Å². The normalized spacial score (nSPS) is 14.1. The van der Waals surface area contributed by atoms with Crippen molar-refractivity contribution in [1.29, 1.82) is 0 Å². The van der Waals surface area contributed by atoms with Crippen LogP contribution in [0.15, 0.2) is 18.2 Å². The first-order valence-electron chi connectivity index (χ1n) is 13.3. The van der Waals surface area contributed by atoms with Crippen molar-refractivity contribution in [2.24, 2.45) is 23.5 Å². The number of methoxy groups -OCH3 is 2. The van der Waals surface area contributed by atoms with Crippen LogP contribution in [0.1, 0.15) is 58.9 Å². The SMILES string of the molecule is CCOC(=O)CCNC(=O)[C@H](C)C[C@H](O)[C@@H](N)C[C@H](Cc1ccc(OC)c(OCCCOC)c1)C(C)C.Cl. The highest BCUT2D eigenvalue weighted by atomic mass is 35.5. The van der Waals surface area contributed by atoms with Crippen LogP contribution in [-0.4, -0.2) is 69.7 Å². The number of aliphatic hydroxyl groups excluding tert-OH is 1. The van der Waals surface area contributed by atoms with E-state index in [0.29, 0.717) is 43.7 Å². The molecule has 0 unspecified atom stereocenters. The summed E-state index contributed by atoms with van der Waals surface area (Å²) in [5.74, 6) is 0.962. The number of benzene rings is 1. The molecule has 0 aliphatic carbocycles. The second-order valence-corrected chi connectivity index (χ2v) is 9.84. The molecule has 220 valence electrons. The number of hydrogen-bond donors (Lipinski definition) is 3. The zero-order chi connectivity index (χ0) is 27.8. The minimum atomic E-state index is -0.817. The molecule has 0 radical (unpaired) electrons. The Morgan fingerprint density at radius 2 is 1.79 bits per heavy atom. The summed E-state index contributed by atoms with van der Waals surface area (Å²) >= 11 is 0. The Bertz CT molecular complexity index is 809. The standard InChI is InChI=1S/C28H48N2O7.ClH/c1-7-36-27(32)11-12-30-28(33)20(4)15-24(31)23(29)18-22(19(2)3)16-21-9-10-25(35-6)26(17-21)37-14-8-13-34-5;/h9-10,17,19-20,22-24,31H,7-8,11-16,18,29H2,1-6H3,(H,30,33);1H/t20-,22+,23+,24+;/m1./s1. The number of nitrogens with one attached hydrogen (secondary N) is 1. The van der Waals surface area contributed by atoms with Crippen molar-refractivity contribution in [3.05, 3.63) is 23.8 Å². The summed E-state index contributed by atoms with van der Waals surface area (Å²) in [6, 6.07) is 5.48. The zero-order valence-electron chi connectivity index (χ0n) is 23.9. The highest BCUT2D eigenvalue weighted by molar-refractivity contribution is 5.85. The molecule has 0 saturated carbocycles. The Hall–Kier alpha value is -2.07. The number of carbonyl (C=O) groups is 2. The van der Waals surface area contributed by atoms with Gasteiger partial charge in [0.15, 0.2) is 11.5 Å². The molecule has 4 N–H and O–H groups in total. The summed E-state index contributed by atoms with van der Waals surface area (Å²) in [5.41, 5.74) is 7.51. The van der Waals surface area contributed by atoms with E-state index >= 15 is 0 Å². The number of ether oxygens (including phenoxy) is 4. The summed E-state index contributed by atoms with van der Waals surface area (Å²) in [6.45, 7) is 9.47. The molecule has 1 aromatic rings. The quantitative estimate of drug-likeness (QED) is 0.173. The van der Waals surface area contributed by atoms with Crippen molar-refractivity contribution in [2.75, 3.05) is 40.6 Å². The van der Waals surface area contributed by atoms with Gasteiger partial charge in [0.1, 0.15) is 0 Å². The van der Waals surface area contributed by atoms with Gasteiger partial charge in [0.25, 0.3) is 0 Å². The van der Waals surface area contributed by atoms with E-state index in [1.54, 1.807) is 28.1 Å². The molecule has 0 aromatic heterocycles. The summed E-state index contributed by atoms with van der Waals surface area (Å²) in [4.78, 5) is 23.8. The van der Waals surface area contributed by atoms with Crippen LogP contribution in [0.2, 0.25) is 0 Å². The average molecular weight is 561 g/mol. The predicted octanol–water partition coefficient (Wildman–Crippen LogP) is 3.52. The van der Waals surface area contributed by atoms with E-state index in [1.165, 1.54) is 0 Å². The first-order valence-corrected chi connectivity index (χ1v) is 13.3. The largest absolute Gasteiger partial charge is 0.493 e. The Morgan fingerprint density at radius 1 is 1.08 bits per heavy atom. The highest BCUT2D eigenvalue weighted by Crippen LogP contribution is 2.31. The van der Waals surface area contributed by atoms with Crippen molar-refractivity contribution < 1.29 is 33.6 Å². The van der Waals surface area contributed by atoms with E-state index in [9.17, 15) is 14.7 Å². The van der Waals surface area contributed by atoms with Gasteiger partial charge in [0.2, 0.25) is 5.91 Å². The molecule has 1 rings (SSSR count). The third-order valence-corrected chi connectivity index (χ3v) is 6.46. The predicted molar refractivity (Wildman–Crippen MR) is 151 cm³/mol. The van der Waals surface area contributed by atoms with Gasteiger partial charge in [-0.3, -0.25) is 9.59 Å². The molecule has 0 aliphatic rings. The molecule has 0 saturated heterocycles. The zero-order valence-corrected chi connectivity index (χ0v) is 24.7. The summed E-state index contributed by atoms with van der Waals surface area (Å²) in [7, 11) is 3.29. The average Bonchev–Trinajstić information content (AvgIpc) is 2.86. The monoisotopic (exact) mass is 560 g/mol. The summed E-state index contributed by atoms with van der Waals surface area (Å²) < 4.78 is 21.3. The number of carbonyl (C=O) groups excluding carboxylic acids is 2. The van der Waals surface area contributed by atoms with Gasteiger partial charge in [-0.15, -0.1) is 12.4 Å². The molecule has 1 amide bonds. The molecule has 1 aromatic carbocycles. The number of amides is 1. The molecule has 9 nitrogen and oxygen atoms in total. The van der Waals surface area contributed by atoms with Crippen LogP contribution in [0.5, 0.6) is 11.5 Å². The molecule has 0 fully saturated rings. The lowest BCUT2D eigenvalue weighted by molar-refractivity contribution is -0.143. The fourth-order valence-corrected chi connectivity index (χ4v) is 4.09. The lowest BCUT2D eigenvalue weighted by atomic mass is 9.82. The molecule has 0 spiro atoms. The molecule has 38 heavy (non-hydrogen) atoms. The van der Waals surface area contributed by atoms with Crippen molar-refractivity contribution >= 4 is 24.3 Å². The van der Waals surface area contributed by atoms with Gasteiger partial charge in [0.05, 0.1) is 32.8 Å². The van der Waals surface area contributed by atoms with Gasteiger partial charge in [-0.1, -0.05) is 26.8 Å². The van der Waals surface area contributed by atoms with Gasteiger partial charge in [0, 0.05) is 38.6 Å². The molecule has 10 heteroatoms. The molecule has 0 aliphatic heterocycles. The molecule has 0 bridgehead atoms. The second-order valence-electron chi connectivity index (χ2n) is 9.84. The van der Waals surface area contributed by atoms with Crippen molar-refractivity contribution in [3.63, 3.8) is 0 Å². The van der Waals surface area contributed by atoms with Crippen LogP contribution < -0.4 is 20.5 Å². The molecular weight excluding hydrogens is 512 g/mol. The second kappa shape index (κ2) is 19.9. The van der Waals surface area contributed by atoms with Gasteiger partial charge in [-0.05, 0) is 55.7 Å². The lowest BCUT2D eigenvalue weighted by Crippen LogP contribution is -2.41. The molecule has 4 atom stereocenters. The van der Waals surface area contributed by atoms with E-state index in [-0.39, 0.29) is 49.6 Å². The van der Waals surface area contributed by atoms with Crippen LogP contribution >= 0.6 is 12.4 Å². The Morgan fingerprint density at radius 3 is 2.39 bits per heavy atom. The Balaban J connectivity index is 0.0000137. The summed E-state index contributed by atoms with van der Waals surface area (Å²) in [5, 5.41) is 13.5. The Kier molecular flexibility index (Phi) is 18.8. The third-order valence-electron chi connectivity index (χ3n) is 6.46. The van der Waals surface area contributed by atoms with Gasteiger partial charge in [-0.2, -0.15) is 0 Å². The maximum Gasteiger partial charge on any atom is 0.307 e. The van der Waals surface area contributed by atoms with Crippen LogP contribution in [-0.2, 0) is 25.5 Å². The first kappa shape index (κ1) is 35.9. The smallest absolute Gasteiger partial charge is 0.307 e. The van der Waals surface area contributed by atoms with E-state index in [2.05, 4.69) is 19.2 Å². The number of hydrogen-bond acceptors (Lipinski definition) is 8. The number of esters is 1. The maximum absolute atomic E-state index is 12.4. The van der Waals surface area contributed by atoms with Crippen LogP contribution in [0.3, 0.4) is 0 Å². The van der Waals surface area contributed by atoms with Crippen LogP contribution in [0, 0.1) is 17.8 Å². The van der Waals surface area contributed by atoms with E-state index < -0.39 is 18.1 Å². The molecular formula is C28H49ClN2O7. The number of nitrogens with two attached hydrogens (primary N) is 1. The van der Waals surface area contributed by atoms with Crippen molar-refractivity contribution in [2.45, 2.75) is 71.9 Å². The topological polar surface area (TPSA) is 129 Å². The highest BCUT2D eigenvalue weighted by Gasteiger charge is 2.26. The van der Waals surface area contributed by atoms with Gasteiger partial charge >= 0.3 is 5.97 Å². The minimum Gasteiger partial charge on any atom is -0.493 e. The lowest BCUT2D eigenvalue weighted by Gasteiger charge is -2.28. The van der Waals surface area contributed by atoms with Gasteiger partial charge in [-0.25, -0.2) is 0 Å². The van der Waals surface area contributed by atoms with Crippen molar-refractivity contribution in [3.8, 4) is 11.5 Å². The van der Waals surface area contributed by atoms with Crippen molar-refractivity contribution in [1.82, 2.24) is 5.32 Å². The number of halogens is 1.